The molecule has 0 amide bonds. The van der Waals surface area contributed by atoms with Gasteiger partial charge in [-0.05, 0) is 6.92 Å². The van der Waals surface area contributed by atoms with Crippen molar-refractivity contribution >= 4 is 18.4 Å². The zero-order valence-corrected chi connectivity index (χ0v) is 6.10. The van der Waals surface area contributed by atoms with Crippen LogP contribution in [0.25, 0.3) is 0 Å². The molecule has 0 saturated carbocycles. The number of nitrogens with one attached hydrogen (secondary N) is 1. The summed E-state index contributed by atoms with van der Waals surface area (Å²) in [6.45, 7) is 1.69. The molecule has 1 aromatic heterocycles. The highest BCUT2D eigenvalue weighted by atomic mass is 35.5. The van der Waals surface area contributed by atoms with Crippen LogP contribution in [0.5, 0.6) is 0 Å². The molecule has 0 aliphatic carbocycles. The van der Waals surface area contributed by atoms with Gasteiger partial charge < -0.3 is 5.11 Å². The molecule has 5 heteroatoms. The Morgan fingerprint density at radius 2 is 2.40 bits per heavy atom. The van der Waals surface area contributed by atoms with Gasteiger partial charge in [0.15, 0.2) is 5.69 Å². The number of aromatic nitrogens is 2. The van der Waals surface area contributed by atoms with E-state index in [4.69, 9.17) is 5.11 Å². The van der Waals surface area contributed by atoms with Gasteiger partial charge in [0.1, 0.15) is 0 Å². The average Bonchev–Trinajstić information content (AvgIpc) is 2.13. The number of aromatic carboxylic acids is 1. The smallest absolute Gasteiger partial charge is 0.356 e. The monoisotopic (exact) mass is 162 g/mol. The number of aryl methyl sites for hydroxylation is 1. The van der Waals surface area contributed by atoms with Crippen molar-refractivity contribution in [3.05, 3.63) is 17.5 Å². The van der Waals surface area contributed by atoms with E-state index in [9.17, 15) is 4.79 Å². The first-order valence-electron chi connectivity index (χ1n) is 2.45. The summed E-state index contributed by atoms with van der Waals surface area (Å²) in [4.78, 5) is 10.2. The van der Waals surface area contributed by atoms with E-state index in [0.29, 0.717) is 5.56 Å². The van der Waals surface area contributed by atoms with Gasteiger partial charge in [0.25, 0.3) is 0 Å². The third-order valence-corrected chi connectivity index (χ3v) is 1.03. The maximum atomic E-state index is 10.2. The Hall–Kier alpha value is -1.03. The van der Waals surface area contributed by atoms with Gasteiger partial charge >= 0.3 is 5.97 Å². The first kappa shape index (κ1) is 8.97. The second-order valence-corrected chi connectivity index (χ2v) is 1.72. The minimum absolute atomic E-state index is 0. The minimum Gasteiger partial charge on any atom is -0.476 e. The molecule has 2 N–H and O–H groups in total. The van der Waals surface area contributed by atoms with Crippen molar-refractivity contribution in [2.45, 2.75) is 6.92 Å². The quantitative estimate of drug-likeness (QED) is 0.643. The van der Waals surface area contributed by atoms with E-state index in [1.54, 1.807) is 13.1 Å². The molecule has 0 fully saturated rings. The van der Waals surface area contributed by atoms with Crippen LogP contribution in [0.2, 0.25) is 0 Å². The summed E-state index contributed by atoms with van der Waals surface area (Å²) in [5, 5.41) is 14.3. The maximum Gasteiger partial charge on any atom is 0.356 e. The van der Waals surface area contributed by atoms with Crippen LogP contribution < -0.4 is 0 Å². The maximum absolute atomic E-state index is 10.2. The van der Waals surface area contributed by atoms with Gasteiger partial charge in [-0.25, -0.2) is 4.79 Å². The van der Waals surface area contributed by atoms with Crippen molar-refractivity contribution < 1.29 is 9.90 Å². The fourth-order valence-electron chi connectivity index (χ4n) is 0.567. The normalized spacial score (nSPS) is 8.50. The highest BCUT2D eigenvalue weighted by Gasteiger charge is 2.07. The first-order valence-corrected chi connectivity index (χ1v) is 2.45. The minimum atomic E-state index is -0.992. The summed E-state index contributed by atoms with van der Waals surface area (Å²) in [6, 6.07) is 0. The SMILES string of the molecule is Cc1c[nH]nc1C(=O)O.Cl. The third-order valence-electron chi connectivity index (χ3n) is 1.03. The second kappa shape index (κ2) is 3.22. The molecular formula is C5H7ClN2O2. The number of carbonyl (C=O) groups is 1. The van der Waals surface area contributed by atoms with E-state index in [0.717, 1.165) is 0 Å². The number of aromatic amines is 1. The van der Waals surface area contributed by atoms with Crippen molar-refractivity contribution in [1.29, 1.82) is 0 Å². The van der Waals surface area contributed by atoms with Crippen LogP contribution >= 0.6 is 12.4 Å². The molecule has 56 valence electrons. The van der Waals surface area contributed by atoms with Crippen LogP contribution in [0.3, 0.4) is 0 Å². The number of halogens is 1. The van der Waals surface area contributed by atoms with E-state index in [2.05, 4.69) is 10.2 Å². The Morgan fingerprint density at radius 1 is 1.80 bits per heavy atom. The van der Waals surface area contributed by atoms with Crippen molar-refractivity contribution in [2.24, 2.45) is 0 Å². The van der Waals surface area contributed by atoms with Crippen LogP contribution in [0, 0.1) is 6.92 Å². The molecule has 0 unspecified atom stereocenters. The number of carboxylic acid groups (broad SMARTS) is 1. The Kier molecular flexibility index (Phi) is 2.89. The Bertz CT molecular complexity index is 233. The van der Waals surface area contributed by atoms with E-state index in [-0.39, 0.29) is 18.1 Å². The predicted molar refractivity (Wildman–Crippen MR) is 37.5 cm³/mol. The van der Waals surface area contributed by atoms with Crippen LogP contribution in [-0.2, 0) is 0 Å². The molecule has 0 saturated heterocycles. The number of carboxylic acids is 1. The molecule has 1 rings (SSSR count). The third kappa shape index (κ3) is 1.48. The molecule has 0 aromatic carbocycles. The number of hydrogen-bond donors (Lipinski definition) is 2. The summed E-state index contributed by atoms with van der Waals surface area (Å²) in [5.74, 6) is -0.992. The van der Waals surface area contributed by atoms with E-state index in [1.807, 2.05) is 0 Å². The topological polar surface area (TPSA) is 66.0 Å². The Morgan fingerprint density at radius 3 is 2.60 bits per heavy atom. The van der Waals surface area contributed by atoms with Gasteiger partial charge in [-0.3, -0.25) is 5.10 Å². The van der Waals surface area contributed by atoms with Gasteiger partial charge in [-0.1, -0.05) is 0 Å². The van der Waals surface area contributed by atoms with E-state index >= 15 is 0 Å². The summed E-state index contributed by atoms with van der Waals surface area (Å²) in [7, 11) is 0. The van der Waals surface area contributed by atoms with Crippen LogP contribution in [0.15, 0.2) is 6.20 Å². The predicted octanol–water partition coefficient (Wildman–Crippen LogP) is 0.838. The lowest BCUT2D eigenvalue weighted by atomic mass is 10.3. The Balaban J connectivity index is 0.000000810. The molecule has 0 radical (unpaired) electrons. The summed E-state index contributed by atoms with van der Waals surface area (Å²) in [5.41, 5.74) is 0.748. The molecule has 0 atom stereocenters. The molecule has 1 aromatic rings. The largest absolute Gasteiger partial charge is 0.476 e. The average molecular weight is 163 g/mol. The van der Waals surface area contributed by atoms with Crippen molar-refractivity contribution in [2.75, 3.05) is 0 Å². The molecular weight excluding hydrogens is 156 g/mol. The van der Waals surface area contributed by atoms with Crippen molar-refractivity contribution in [3.63, 3.8) is 0 Å². The molecule has 1 heterocycles. The lowest BCUT2D eigenvalue weighted by Gasteiger charge is -1.83. The lowest BCUT2D eigenvalue weighted by Crippen LogP contribution is -1.98. The molecule has 10 heavy (non-hydrogen) atoms. The Labute approximate surface area is 63.7 Å². The van der Waals surface area contributed by atoms with Crippen molar-refractivity contribution in [1.82, 2.24) is 10.2 Å². The summed E-state index contributed by atoms with van der Waals surface area (Å²) >= 11 is 0. The fourth-order valence-corrected chi connectivity index (χ4v) is 0.567. The zero-order valence-electron chi connectivity index (χ0n) is 5.29. The second-order valence-electron chi connectivity index (χ2n) is 1.72. The number of rotatable bonds is 1. The van der Waals surface area contributed by atoms with Crippen LogP contribution in [0.4, 0.5) is 0 Å². The van der Waals surface area contributed by atoms with E-state index < -0.39 is 5.97 Å². The van der Waals surface area contributed by atoms with Gasteiger partial charge in [0.05, 0.1) is 0 Å². The fraction of sp³-hybridized carbons (Fsp3) is 0.200. The van der Waals surface area contributed by atoms with Gasteiger partial charge in [0, 0.05) is 11.8 Å². The van der Waals surface area contributed by atoms with Crippen LogP contribution in [0.1, 0.15) is 16.1 Å². The number of H-pyrrole nitrogens is 1. The summed E-state index contributed by atoms with van der Waals surface area (Å²) < 4.78 is 0. The van der Waals surface area contributed by atoms with Gasteiger partial charge in [-0.2, -0.15) is 5.10 Å². The van der Waals surface area contributed by atoms with Gasteiger partial charge in [-0.15, -0.1) is 12.4 Å². The zero-order chi connectivity index (χ0) is 6.85. The summed E-state index contributed by atoms with van der Waals surface area (Å²) in [6.07, 6.45) is 1.55. The molecule has 4 nitrogen and oxygen atoms in total. The standard InChI is InChI=1S/C5H6N2O2.ClH/c1-3-2-6-7-4(3)5(8)9;/h2H,1H3,(H,6,7)(H,8,9);1H. The highest BCUT2D eigenvalue weighted by Crippen LogP contribution is 1.99. The van der Waals surface area contributed by atoms with Crippen LogP contribution in [-0.4, -0.2) is 21.3 Å². The van der Waals surface area contributed by atoms with E-state index in [1.165, 1.54) is 0 Å². The molecule has 0 aliphatic heterocycles. The number of hydrogen-bond acceptors (Lipinski definition) is 2. The molecule has 0 spiro atoms. The van der Waals surface area contributed by atoms with Gasteiger partial charge in [0.2, 0.25) is 0 Å². The lowest BCUT2D eigenvalue weighted by molar-refractivity contribution is 0.0689. The first-order chi connectivity index (χ1) is 4.22. The number of nitrogens with zero attached hydrogens (tertiary/aromatic N) is 1. The molecule has 0 aliphatic rings. The highest BCUT2D eigenvalue weighted by molar-refractivity contribution is 5.86. The van der Waals surface area contributed by atoms with Crippen molar-refractivity contribution in [3.8, 4) is 0 Å². The molecule has 0 bridgehead atoms.